The zero-order chi connectivity index (χ0) is 16.2. The lowest BCUT2D eigenvalue weighted by molar-refractivity contribution is -0.133. The molecule has 1 aromatic heterocycles. The van der Waals surface area contributed by atoms with E-state index in [0.29, 0.717) is 31.7 Å². The summed E-state index contributed by atoms with van der Waals surface area (Å²) in [5, 5.41) is 10.6. The molecule has 1 aromatic carbocycles. The summed E-state index contributed by atoms with van der Waals surface area (Å²) in [6, 6.07) is 5.61. The van der Waals surface area contributed by atoms with E-state index in [9.17, 15) is 14.0 Å². The molecule has 0 saturated carbocycles. The zero-order valence-electron chi connectivity index (χ0n) is 12.3. The van der Waals surface area contributed by atoms with Crippen molar-refractivity contribution in [2.75, 3.05) is 26.2 Å². The van der Waals surface area contributed by atoms with Gasteiger partial charge in [0.05, 0.1) is 0 Å². The van der Waals surface area contributed by atoms with Crippen LogP contribution in [0.25, 0.3) is 0 Å². The molecule has 0 N–H and O–H groups in total. The minimum Gasteiger partial charge on any atom is -0.338 e. The molecule has 0 spiro atoms. The van der Waals surface area contributed by atoms with Crippen LogP contribution >= 0.6 is 0 Å². The Hall–Kier alpha value is -2.84. The molecule has 1 aliphatic rings. The number of piperazine rings is 1. The maximum Gasteiger partial charge on any atom is 0.254 e. The smallest absolute Gasteiger partial charge is 0.254 e. The number of benzene rings is 1. The van der Waals surface area contributed by atoms with Gasteiger partial charge in [-0.3, -0.25) is 9.59 Å². The van der Waals surface area contributed by atoms with Crippen molar-refractivity contribution in [1.82, 2.24) is 30.0 Å². The van der Waals surface area contributed by atoms with Crippen LogP contribution in [0, 0.1) is 5.82 Å². The van der Waals surface area contributed by atoms with Gasteiger partial charge in [0.2, 0.25) is 5.91 Å². The van der Waals surface area contributed by atoms with E-state index < -0.39 is 5.82 Å². The van der Waals surface area contributed by atoms with Crippen LogP contribution < -0.4 is 0 Å². The van der Waals surface area contributed by atoms with Crippen molar-refractivity contribution in [3.8, 4) is 0 Å². The van der Waals surface area contributed by atoms with Gasteiger partial charge in [-0.15, -0.1) is 5.10 Å². The van der Waals surface area contributed by atoms with Crippen LogP contribution in [0.1, 0.15) is 10.4 Å². The van der Waals surface area contributed by atoms with E-state index in [1.807, 2.05) is 0 Å². The van der Waals surface area contributed by atoms with Gasteiger partial charge < -0.3 is 9.80 Å². The van der Waals surface area contributed by atoms with Crippen molar-refractivity contribution >= 4 is 11.8 Å². The largest absolute Gasteiger partial charge is 0.338 e. The molecular weight excluding hydrogens is 303 g/mol. The molecule has 23 heavy (non-hydrogen) atoms. The Morgan fingerprint density at radius 3 is 2.52 bits per heavy atom. The van der Waals surface area contributed by atoms with E-state index in [4.69, 9.17) is 0 Å². The summed E-state index contributed by atoms with van der Waals surface area (Å²) in [4.78, 5) is 27.7. The molecule has 0 radical (unpaired) electrons. The third-order valence-electron chi connectivity index (χ3n) is 3.68. The van der Waals surface area contributed by atoms with E-state index in [2.05, 4.69) is 15.5 Å². The highest BCUT2D eigenvalue weighted by Crippen LogP contribution is 2.10. The average Bonchev–Trinajstić information content (AvgIpc) is 3.07. The number of halogens is 1. The predicted octanol–water partition coefficient (Wildman–Crippen LogP) is -0.203. The van der Waals surface area contributed by atoms with Crippen molar-refractivity contribution in [2.24, 2.45) is 0 Å². The van der Waals surface area contributed by atoms with Gasteiger partial charge >= 0.3 is 0 Å². The molecule has 0 aliphatic carbocycles. The fourth-order valence-corrected chi connectivity index (χ4v) is 2.45. The molecule has 1 saturated heterocycles. The molecule has 1 fully saturated rings. The van der Waals surface area contributed by atoms with Crippen LogP contribution in [0.2, 0.25) is 0 Å². The third-order valence-corrected chi connectivity index (χ3v) is 3.68. The lowest BCUT2D eigenvalue weighted by Gasteiger charge is -2.34. The van der Waals surface area contributed by atoms with Crippen molar-refractivity contribution < 1.29 is 14.0 Å². The second-order valence-corrected chi connectivity index (χ2v) is 5.19. The maximum atomic E-state index is 13.2. The molecule has 9 heteroatoms. The Bertz CT molecular complexity index is 697. The molecule has 8 nitrogen and oxygen atoms in total. The Morgan fingerprint density at radius 2 is 1.87 bits per heavy atom. The van der Waals surface area contributed by atoms with E-state index in [1.165, 1.54) is 29.2 Å². The van der Waals surface area contributed by atoms with Gasteiger partial charge in [0, 0.05) is 31.7 Å². The molecule has 1 aliphatic heterocycles. The SMILES string of the molecule is O=C(Cn1cnnn1)N1CCN(C(=O)c2cccc(F)c2)CC1. The second kappa shape index (κ2) is 6.51. The standard InChI is InChI=1S/C14H15FN6O2/c15-12-3-1-2-11(8-12)14(23)20-6-4-19(5-7-20)13(22)9-21-10-16-17-18-21/h1-3,8,10H,4-7,9H2. The number of hydrogen-bond donors (Lipinski definition) is 0. The molecule has 120 valence electrons. The van der Waals surface area contributed by atoms with Crippen molar-refractivity contribution in [1.29, 1.82) is 0 Å². The molecule has 0 unspecified atom stereocenters. The highest BCUT2D eigenvalue weighted by Gasteiger charge is 2.25. The monoisotopic (exact) mass is 318 g/mol. The molecular formula is C14H15FN6O2. The summed E-state index contributed by atoms with van der Waals surface area (Å²) in [6.07, 6.45) is 1.38. The van der Waals surface area contributed by atoms with Gasteiger partial charge in [-0.1, -0.05) is 6.07 Å². The zero-order valence-corrected chi connectivity index (χ0v) is 12.3. The van der Waals surface area contributed by atoms with E-state index in [0.717, 1.165) is 0 Å². The minimum absolute atomic E-state index is 0.0742. The summed E-state index contributed by atoms with van der Waals surface area (Å²) in [5.41, 5.74) is 0.318. The van der Waals surface area contributed by atoms with Gasteiger partial charge in [0.25, 0.3) is 5.91 Å². The number of tetrazole rings is 1. The number of nitrogens with zero attached hydrogens (tertiary/aromatic N) is 6. The highest BCUT2D eigenvalue weighted by atomic mass is 19.1. The van der Waals surface area contributed by atoms with E-state index >= 15 is 0 Å². The number of carbonyl (C=O) groups is 2. The number of amides is 2. The Labute approximate surface area is 131 Å². The number of hydrogen-bond acceptors (Lipinski definition) is 5. The quantitative estimate of drug-likeness (QED) is 0.782. The van der Waals surface area contributed by atoms with Crippen LogP contribution in [-0.4, -0.2) is 68.0 Å². The highest BCUT2D eigenvalue weighted by molar-refractivity contribution is 5.94. The topological polar surface area (TPSA) is 84.2 Å². The lowest BCUT2D eigenvalue weighted by atomic mass is 10.1. The van der Waals surface area contributed by atoms with Crippen molar-refractivity contribution in [2.45, 2.75) is 6.54 Å². The second-order valence-electron chi connectivity index (χ2n) is 5.19. The molecule has 0 bridgehead atoms. The van der Waals surface area contributed by atoms with E-state index in [-0.39, 0.29) is 18.4 Å². The normalized spacial score (nSPS) is 14.8. The molecule has 0 atom stereocenters. The van der Waals surface area contributed by atoms with Crippen molar-refractivity contribution in [3.05, 3.63) is 42.0 Å². The Balaban J connectivity index is 1.55. The first-order chi connectivity index (χ1) is 11.1. The number of carbonyl (C=O) groups excluding carboxylic acids is 2. The van der Waals surface area contributed by atoms with Crippen LogP contribution in [-0.2, 0) is 11.3 Å². The first-order valence-corrected chi connectivity index (χ1v) is 7.17. The average molecular weight is 318 g/mol. The first kappa shape index (κ1) is 15.1. The predicted molar refractivity (Wildman–Crippen MR) is 76.7 cm³/mol. The summed E-state index contributed by atoms with van der Waals surface area (Å²) in [5.74, 6) is -0.765. The summed E-state index contributed by atoms with van der Waals surface area (Å²) in [7, 11) is 0. The van der Waals surface area contributed by atoms with Gasteiger partial charge in [-0.2, -0.15) is 0 Å². The fraction of sp³-hybridized carbons (Fsp3) is 0.357. The van der Waals surface area contributed by atoms with E-state index in [1.54, 1.807) is 15.9 Å². The summed E-state index contributed by atoms with van der Waals surface area (Å²) >= 11 is 0. The van der Waals surface area contributed by atoms with Crippen LogP contribution in [0.15, 0.2) is 30.6 Å². The van der Waals surface area contributed by atoms with Gasteiger partial charge in [-0.25, -0.2) is 9.07 Å². The summed E-state index contributed by atoms with van der Waals surface area (Å²) < 4.78 is 14.6. The minimum atomic E-state index is -0.439. The van der Waals surface area contributed by atoms with Crippen molar-refractivity contribution in [3.63, 3.8) is 0 Å². The molecule has 3 rings (SSSR count). The van der Waals surface area contributed by atoms with Gasteiger partial charge in [0.1, 0.15) is 18.7 Å². The number of rotatable bonds is 3. The first-order valence-electron chi connectivity index (χ1n) is 7.17. The Kier molecular flexibility index (Phi) is 4.26. The molecule has 2 aromatic rings. The van der Waals surface area contributed by atoms with Crippen LogP contribution in [0.3, 0.4) is 0 Å². The van der Waals surface area contributed by atoms with Gasteiger partial charge in [0.15, 0.2) is 0 Å². The maximum absolute atomic E-state index is 13.2. The van der Waals surface area contributed by atoms with Crippen LogP contribution in [0.4, 0.5) is 4.39 Å². The fourth-order valence-electron chi connectivity index (χ4n) is 2.45. The van der Waals surface area contributed by atoms with Gasteiger partial charge in [-0.05, 0) is 28.6 Å². The molecule has 2 amide bonds. The van der Waals surface area contributed by atoms with Crippen LogP contribution in [0.5, 0.6) is 0 Å². The lowest BCUT2D eigenvalue weighted by Crippen LogP contribution is -2.51. The number of aromatic nitrogens is 4. The summed E-state index contributed by atoms with van der Waals surface area (Å²) in [6.45, 7) is 1.77. The third kappa shape index (κ3) is 3.50. The molecule has 2 heterocycles. The Morgan fingerprint density at radius 1 is 1.13 bits per heavy atom.